The highest BCUT2D eigenvalue weighted by atomic mass is 16.2. The van der Waals surface area contributed by atoms with Crippen molar-refractivity contribution in [3.8, 4) is 0 Å². The van der Waals surface area contributed by atoms with E-state index in [1.54, 1.807) is 19.3 Å². The Kier molecular flexibility index (Phi) is 19.1. The Hall–Kier alpha value is -6.96. The summed E-state index contributed by atoms with van der Waals surface area (Å²) in [4.78, 5) is 104. The minimum atomic E-state index is -1.22. The van der Waals surface area contributed by atoms with Crippen molar-refractivity contribution < 1.29 is 33.6 Å². The molecule has 2 aromatic heterocycles. The number of aromatic nitrogens is 2. The largest absolute Gasteiger partial charge is 0.370 e. The Morgan fingerprint density at radius 3 is 1.73 bits per heavy atom. The van der Waals surface area contributed by atoms with Gasteiger partial charge in [0, 0.05) is 60.5 Å². The predicted molar refractivity (Wildman–Crippen MR) is 244 cm³/mol. The molecule has 0 aliphatic carbocycles. The third kappa shape index (κ3) is 14.8. The lowest BCUT2D eigenvalue weighted by molar-refractivity contribution is -0.135. The number of H-pyrrole nitrogens is 2. The Morgan fingerprint density at radius 1 is 0.656 bits per heavy atom. The fourth-order valence-electron chi connectivity index (χ4n) is 7.28. The summed E-state index contributed by atoms with van der Waals surface area (Å²) in [5.41, 5.74) is 25.2. The number of benzene rings is 2. The molecule has 4 aromatic rings. The maximum absolute atomic E-state index is 14.3. The zero-order valence-electron chi connectivity index (χ0n) is 36.6. The van der Waals surface area contributed by atoms with Gasteiger partial charge in [-0.05, 0) is 67.8 Å². The van der Waals surface area contributed by atoms with E-state index in [0.29, 0.717) is 37.8 Å². The summed E-state index contributed by atoms with van der Waals surface area (Å²) < 4.78 is 0. The van der Waals surface area contributed by atoms with Crippen LogP contribution in [-0.4, -0.2) is 107 Å². The van der Waals surface area contributed by atoms with Crippen molar-refractivity contribution in [2.45, 2.75) is 102 Å². The van der Waals surface area contributed by atoms with Crippen molar-refractivity contribution in [2.75, 3.05) is 19.6 Å². The summed E-state index contributed by atoms with van der Waals surface area (Å²) in [5, 5.41) is 17.8. The van der Waals surface area contributed by atoms with Crippen LogP contribution in [-0.2, 0) is 46.4 Å². The number of unbranched alkanes of at least 4 members (excludes halogenated alkanes) is 1. The van der Waals surface area contributed by atoms with Gasteiger partial charge in [-0.25, -0.2) is 0 Å². The summed E-state index contributed by atoms with van der Waals surface area (Å²) in [5.74, 6) is -5.12. The number of primary amides is 1. The number of aromatic amines is 2. The van der Waals surface area contributed by atoms with Crippen molar-refractivity contribution in [3.63, 3.8) is 0 Å². The lowest BCUT2D eigenvalue weighted by Gasteiger charge is -2.28. The topological polar surface area (TPSA) is 340 Å². The number of rotatable bonds is 26. The minimum absolute atomic E-state index is 0.0170. The highest BCUT2D eigenvalue weighted by Crippen LogP contribution is 2.21. The van der Waals surface area contributed by atoms with Crippen LogP contribution in [0.1, 0.15) is 70.4 Å². The summed E-state index contributed by atoms with van der Waals surface area (Å²) >= 11 is 0. The molecule has 0 bridgehead atoms. The van der Waals surface area contributed by atoms with Gasteiger partial charge in [0.2, 0.25) is 41.4 Å². The lowest BCUT2D eigenvalue weighted by Crippen LogP contribution is -2.59. The average molecular weight is 886 g/mol. The molecule has 7 amide bonds. The van der Waals surface area contributed by atoms with Gasteiger partial charge < -0.3 is 64.8 Å². The second-order valence-corrected chi connectivity index (χ2v) is 15.8. The van der Waals surface area contributed by atoms with Gasteiger partial charge in [0.05, 0.1) is 6.54 Å². The quantitative estimate of drug-likeness (QED) is 0.0222. The third-order valence-electron chi connectivity index (χ3n) is 10.9. The number of nitrogens with zero attached hydrogens (tertiary/aromatic N) is 1. The van der Waals surface area contributed by atoms with Crippen LogP contribution in [0.4, 0.5) is 0 Å². The summed E-state index contributed by atoms with van der Waals surface area (Å²) in [6.45, 7) is 4.90. The van der Waals surface area contributed by atoms with E-state index in [1.165, 1.54) is 6.92 Å². The number of guanidine groups is 1. The van der Waals surface area contributed by atoms with Gasteiger partial charge >= 0.3 is 0 Å². The number of hydrogen-bond acceptors (Lipinski definition) is 9. The number of hydrogen-bond donors (Lipinski definition) is 12. The molecule has 0 fully saturated rings. The molecule has 20 nitrogen and oxygen atoms in total. The first-order chi connectivity index (χ1) is 30.6. The number of amides is 7. The maximum Gasteiger partial charge on any atom is 0.243 e. The molecule has 20 heteroatoms. The van der Waals surface area contributed by atoms with Gasteiger partial charge in [-0.15, -0.1) is 0 Å². The fraction of sp³-hybridized carbons (Fsp3) is 0.455. The van der Waals surface area contributed by atoms with Crippen molar-refractivity contribution >= 4 is 69.1 Å². The number of fused-ring (bicyclic) bond motifs is 2. The van der Waals surface area contributed by atoms with E-state index in [4.69, 9.17) is 22.9 Å². The zero-order valence-corrected chi connectivity index (χ0v) is 36.6. The van der Waals surface area contributed by atoms with E-state index in [-0.39, 0.29) is 38.2 Å². The van der Waals surface area contributed by atoms with Crippen LogP contribution in [0.3, 0.4) is 0 Å². The van der Waals surface area contributed by atoms with E-state index in [9.17, 15) is 33.6 Å². The first kappa shape index (κ1) is 49.7. The smallest absolute Gasteiger partial charge is 0.243 e. The average Bonchev–Trinajstić information content (AvgIpc) is 3.87. The van der Waals surface area contributed by atoms with Gasteiger partial charge in [-0.3, -0.25) is 38.6 Å². The molecule has 16 N–H and O–H groups in total. The van der Waals surface area contributed by atoms with Crippen molar-refractivity contribution in [1.29, 1.82) is 0 Å². The SMILES string of the molecule is CCC(C)C(NC(=O)C(Cc1c[nH]c2ccccc12)NC(=O)C(CCCN=C(N)N)NC(C)=O)C(=O)NCC(=O)NC(Cc1c[nH]c2ccccc12)C(=O)NC(CCCCN)C(N)=O. The van der Waals surface area contributed by atoms with Crippen molar-refractivity contribution in [1.82, 2.24) is 41.9 Å². The summed E-state index contributed by atoms with van der Waals surface area (Å²) in [6.07, 6.45) is 5.89. The zero-order chi connectivity index (χ0) is 46.8. The second kappa shape index (κ2) is 24.6. The second-order valence-electron chi connectivity index (χ2n) is 15.8. The van der Waals surface area contributed by atoms with Crippen LogP contribution in [0.25, 0.3) is 21.8 Å². The molecule has 2 aromatic carbocycles. The third-order valence-corrected chi connectivity index (χ3v) is 10.9. The predicted octanol–water partition coefficient (Wildman–Crippen LogP) is -0.291. The molecule has 0 aliphatic heterocycles. The number of nitrogens with one attached hydrogen (secondary N) is 8. The van der Waals surface area contributed by atoms with Crippen LogP contribution in [0.2, 0.25) is 0 Å². The number of aliphatic imine (C=N–C) groups is 1. The number of carbonyl (C=O) groups excluding carboxylic acids is 7. The van der Waals surface area contributed by atoms with E-state index in [1.807, 2.05) is 55.5 Å². The van der Waals surface area contributed by atoms with E-state index < -0.39 is 84.0 Å². The minimum Gasteiger partial charge on any atom is -0.370 e. The number of nitrogens with two attached hydrogens (primary N) is 4. The van der Waals surface area contributed by atoms with Crippen molar-refractivity contribution in [2.24, 2.45) is 33.8 Å². The highest BCUT2D eigenvalue weighted by Gasteiger charge is 2.33. The molecule has 6 unspecified atom stereocenters. The lowest BCUT2D eigenvalue weighted by atomic mass is 9.97. The Bertz CT molecular complexity index is 2270. The molecule has 0 saturated heterocycles. The molecular weight excluding hydrogens is 823 g/mol. The van der Waals surface area contributed by atoms with Crippen LogP contribution < -0.4 is 54.8 Å². The Morgan fingerprint density at radius 2 is 1.19 bits per heavy atom. The normalized spacial score (nSPS) is 13.9. The molecule has 0 saturated carbocycles. The number of carbonyl (C=O) groups is 7. The highest BCUT2D eigenvalue weighted by molar-refractivity contribution is 5.97. The molecule has 4 rings (SSSR count). The standard InChI is InChI=1S/C44H63N13O7/c1-4-25(2)38(57-42(63)36(21-28-23-51-32-15-8-6-13-30(28)32)56-40(61)34(53-26(3)58)17-11-19-49-44(47)48)43(64)52-24-37(59)54-35(20-27-22-50-31-14-7-5-12-29(27)31)41(62)55-33(39(46)60)16-9-10-18-45/h5-8,12-15,22-23,25,33-36,38,50-51H,4,9-11,16-21,24,45H2,1-3H3,(H2,46,60)(H,52,64)(H,53,58)(H,54,59)(H,55,62)(H,56,61)(H,57,63)(H4,47,48,49). The Balaban J connectivity index is 1.52. The van der Waals surface area contributed by atoms with Crippen LogP contribution in [0.5, 0.6) is 0 Å². The van der Waals surface area contributed by atoms with Crippen LogP contribution in [0.15, 0.2) is 65.9 Å². The van der Waals surface area contributed by atoms with Gasteiger partial charge in [0.25, 0.3) is 0 Å². The summed E-state index contributed by atoms with van der Waals surface area (Å²) in [7, 11) is 0. The van der Waals surface area contributed by atoms with Crippen LogP contribution in [0, 0.1) is 5.92 Å². The first-order valence-corrected chi connectivity index (χ1v) is 21.5. The molecule has 64 heavy (non-hydrogen) atoms. The van der Waals surface area contributed by atoms with Gasteiger partial charge in [0.1, 0.15) is 30.2 Å². The van der Waals surface area contributed by atoms with Gasteiger partial charge in [0.15, 0.2) is 5.96 Å². The molecule has 346 valence electrons. The van der Waals surface area contributed by atoms with E-state index >= 15 is 0 Å². The fourth-order valence-corrected chi connectivity index (χ4v) is 7.28. The molecule has 0 radical (unpaired) electrons. The van der Waals surface area contributed by atoms with Gasteiger partial charge in [-0.2, -0.15) is 0 Å². The molecule has 2 heterocycles. The molecule has 0 spiro atoms. The molecule has 6 atom stereocenters. The van der Waals surface area contributed by atoms with Crippen LogP contribution >= 0.6 is 0 Å². The first-order valence-electron chi connectivity index (χ1n) is 21.5. The maximum atomic E-state index is 14.3. The van der Waals surface area contributed by atoms with E-state index in [0.717, 1.165) is 27.4 Å². The van der Waals surface area contributed by atoms with Crippen molar-refractivity contribution in [3.05, 3.63) is 72.1 Å². The monoisotopic (exact) mass is 885 g/mol. The Labute approximate surface area is 371 Å². The number of para-hydroxylation sites is 2. The molecule has 0 aliphatic rings. The van der Waals surface area contributed by atoms with E-state index in [2.05, 4.69) is 46.9 Å². The summed E-state index contributed by atoms with van der Waals surface area (Å²) in [6, 6.07) is 9.30. The molecular formula is C44H63N13O7. The van der Waals surface area contributed by atoms with Gasteiger partial charge in [-0.1, -0.05) is 56.7 Å².